The molecule has 0 atom stereocenters. The van der Waals surface area contributed by atoms with Crippen LogP contribution >= 0.6 is 0 Å². The average molecular weight is 445 g/mol. The van der Waals surface area contributed by atoms with Crippen LogP contribution in [0.1, 0.15) is 41.5 Å². The predicted octanol–water partition coefficient (Wildman–Crippen LogP) is 3.62. The maximum Gasteiger partial charge on any atom is 0.253 e. The molecule has 3 aromatic rings. The normalized spacial score (nSPS) is 14.2. The Hall–Kier alpha value is -2.07. The van der Waals surface area contributed by atoms with Crippen molar-refractivity contribution < 1.29 is 0 Å². The van der Waals surface area contributed by atoms with Crippen LogP contribution in [-0.2, 0) is 0 Å². The fourth-order valence-corrected chi connectivity index (χ4v) is 7.51. The molecule has 6 nitrogen and oxygen atoms in total. The van der Waals surface area contributed by atoms with E-state index in [0.717, 1.165) is 0 Å². The number of benzene rings is 1. The lowest BCUT2D eigenvalue weighted by Gasteiger charge is -2.36. The van der Waals surface area contributed by atoms with Gasteiger partial charge in [-0.1, -0.05) is 67.7 Å². The third-order valence-corrected chi connectivity index (χ3v) is 18.1. The molecule has 30 heavy (non-hydrogen) atoms. The van der Waals surface area contributed by atoms with E-state index < -0.39 is 16.5 Å². The summed E-state index contributed by atoms with van der Waals surface area (Å²) in [4.78, 5) is 53.1. The van der Waals surface area contributed by atoms with Gasteiger partial charge in [-0.05, 0) is 22.2 Å². The number of rotatable bonds is 2. The van der Waals surface area contributed by atoms with Crippen molar-refractivity contribution in [2.45, 2.75) is 77.8 Å². The Morgan fingerprint density at radius 2 is 0.733 bits per heavy atom. The van der Waals surface area contributed by atoms with Crippen LogP contribution in [0.15, 0.2) is 31.3 Å². The molecule has 162 valence electrons. The highest BCUT2D eigenvalue weighted by Gasteiger charge is 2.42. The minimum atomic E-state index is -2.46. The first-order valence-electron chi connectivity index (χ1n) is 10.3. The number of hydrogen-bond acceptors (Lipinski definition) is 4. The van der Waals surface area contributed by atoms with Crippen molar-refractivity contribution in [3.05, 3.63) is 53.5 Å². The van der Waals surface area contributed by atoms with Gasteiger partial charge >= 0.3 is 0 Å². The Balaban J connectivity index is 2.48. The quantitative estimate of drug-likeness (QED) is 0.566. The molecule has 0 unspecified atom stereocenters. The lowest BCUT2D eigenvalue weighted by Crippen LogP contribution is -2.54. The molecule has 0 saturated heterocycles. The predicted molar refractivity (Wildman–Crippen MR) is 130 cm³/mol. The third-order valence-electron chi connectivity index (χ3n) is 7.68. The fourth-order valence-electron chi connectivity index (χ4n) is 3.66. The zero-order valence-corrected chi connectivity index (χ0v) is 21.7. The molecule has 0 amide bonds. The minimum absolute atomic E-state index is 0.214. The molecule has 0 aliphatic rings. The van der Waals surface area contributed by atoms with Gasteiger partial charge in [0.25, 0.3) is 22.2 Å². The average Bonchev–Trinajstić information content (AvgIpc) is 2.96. The minimum Gasteiger partial charge on any atom is -0.303 e. The SMILES string of the molecule is CC(C)(C)[Si](C)(C)n1c(=O)c2cc3c(=O)n([Si](C)(C)C(C)(C)C)c(=O)c3cc2c1=O. The zero-order chi connectivity index (χ0) is 23.2. The van der Waals surface area contributed by atoms with Gasteiger partial charge in [-0.3, -0.25) is 19.2 Å². The fraction of sp³-hybridized carbons (Fsp3) is 0.545. The summed E-state index contributed by atoms with van der Waals surface area (Å²) in [7, 11) is -4.93. The van der Waals surface area contributed by atoms with Gasteiger partial charge in [-0.2, -0.15) is 0 Å². The van der Waals surface area contributed by atoms with E-state index in [9.17, 15) is 19.2 Å². The van der Waals surface area contributed by atoms with E-state index in [0.29, 0.717) is 0 Å². The molecular weight excluding hydrogens is 412 g/mol. The maximum absolute atomic E-state index is 13.3. The molecular formula is C22H32N2O4Si2. The summed E-state index contributed by atoms with van der Waals surface area (Å²) >= 11 is 0. The van der Waals surface area contributed by atoms with E-state index in [1.807, 2.05) is 67.7 Å². The van der Waals surface area contributed by atoms with E-state index in [2.05, 4.69) is 0 Å². The summed E-state index contributed by atoms with van der Waals surface area (Å²) in [5.41, 5.74) is -1.41. The lowest BCUT2D eigenvalue weighted by atomic mass is 10.1. The van der Waals surface area contributed by atoms with Crippen molar-refractivity contribution >= 4 is 38.0 Å². The van der Waals surface area contributed by atoms with Crippen molar-refractivity contribution in [2.75, 3.05) is 0 Å². The van der Waals surface area contributed by atoms with Crippen LogP contribution in [0.4, 0.5) is 0 Å². The van der Waals surface area contributed by atoms with Crippen LogP contribution in [0.2, 0.25) is 36.3 Å². The maximum atomic E-state index is 13.3. The van der Waals surface area contributed by atoms with Crippen LogP contribution in [-0.4, -0.2) is 24.9 Å². The monoisotopic (exact) mass is 444 g/mol. The van der Waals surface area contributed by atoms with Crippen LogP contribution in [0.25, 0.3) is 21.5 Å². The Morgan fingerprint density at radius 3 is 0.900 bits per heavy atom. The topological polar surface area (TPSA) is 78.1 Å². The second-order valence-electron chi connectivity index (χ2n) is 11.5. The van der Waals surface area contributed by atoms with Crippen molar-refractivity contribution in [1.82, 2.24) is 8.47 Å². The largest absolute Gasteiger partial charge is 0.303 e. The van der Waals surface area contributed by atoms with Crippen molar-refractivity contribution in [2.24, 2.45) is 0 Å². The zero-order valence-electron chi connectivity index (χ0n) is 19.7. The standard InChI is InChI=1S/C22H32N2O4Si2/c1-21(2,3)29(7,8)23-17(25)13-11-15-16(12-14(13)18(23)26)20(28)24(19(15)27)30(9,10)22(4,5)6/h11-12H,1-10H3. The van der Waals surface area contributed by atoms with Crippen LogP contribution in [0.5, 0.6) is 0 Å². The number of aromatic nitrogens is 2. The number of hydrogen-bond donors (Lipinski definition) is 0. The van der Waals surface area contributed by atoms with Gasteiger partial charge in [0.15, 0.2) is 16.5 Å². The van der Waals surface area contributed by atoms with Crippen LogP contribution < -0.4 is 22.2 Å². The Morgan fingerprint density at radius 1 is 0.533 bits per heavy atom. The molecule has 0 N–H and O–H groups in total. The first kappa shape index (κ1) is 22.6. The number of fused-ring (bicyclic) bond motifs is 2. The van der Waals surface area contributed by atoms with Crippen molar-refractivity contribution in [3.63, 3.8) is 0 Å². The van der Waals surface area contributed by atoms with E-state index in [4.69, 9.17) is 0 Å². The molecule has 2 aromatic heterocycles. The molecule has 3 rings (SSSR count). The van der Waals surface area contributed by atoms with Gasteiger partial charge in [-0.15, -0.1) is 0 Å². The summed E-state index contributed by atoms with van der Waals surface area (Å²) < 4.78 is 2.82. The smallest absolute Gasteiger partial charge is 0.253 e. The molecule has 0 fully saturated rings. The first-order chi connectivity index (χ1) is 13.4. The molecule has 0 spiro atoms. The first-order valence-corrected chi connectivity index (χ1v) is 16.2. The second kappa shape index (κ2) is 6.23. The Bertz CT molecular complexity index is 1200. The molecule has 0 aliphatic carbocycles. The highest BCUT2D eigenvalue weighted by atomic mass is 28.3. The van der Waals surface area contributed by atoms with Gasteiger partial charge in [-0.25, -0.2) is 0 Å². The summed E-state index contributed by atoms with van der Waals surface area (Å²) in [6, 6.07) is 2.96. The molecule has 8 heteroatoms. The van der Waals surface area contributed by atoms with E-state index in [1.54, 1.807) is 0 Å². The summed E-state index contributed by atoms with van der Waals surface area (Å²) in [5.74, 6) is 0. The Kier molecular flexibility index (Phi) is 4.69. The van der Waals surface area contributed by atoms with E-state index in [-0.39, 0.29) is 53.9 Å². The van der Waals surface area contributed by atoms with Crippen LogP contribution in [0, 0.1) is 0 Å². The molecule has 0 aliphatic heterocycles. The van der Waals surface area contributed by atoms with Crippen LogP contribution in [0.3, 0.4) is 0 Å². The van der Waals surface area contributed by atoms with E-state index >= 15 is 0 Å². The van der Waals surface area contributed by atoms with Gasteiger partial charge in [0.1, 0.15) is 0 Å². The van der Waals surface area contributed by atoms with Gasteiger partial charge in [0, 0.05) is 0 Å². The Labute approximate surface area is 178 Å². The lowest BCUT2D eigenvalue weighted by molar-refractivity contribution is 0.693. The highest BCUT2D eigenvalue weighted by Crippen LogP contribution is 2.37. The number of nitrogens with zero attached hydrogens (tertiary/aromatic N) is 2. The summed E-state index contributed by atoms with van der Waals surface area (Å²) in [6.45, 7) is 20.2. The van der Waals surface area contributed by atoms with Gasteiger partial charge in [0.2, 0.25) is 0 Å². The van der Waals surface area contributed by atoms with Gasteiger partial charge < -0.3 is 8.47 Å². The summed E-state index contributed by atoms with van der Waals surface area (Å²) in [5, 5.41) is 0.522. The molecule has 0 saturated carbocycles. The molecule has 1 aromatic carbocycles. The second-order valence-corrected chi connectivity index (χ2v) is 21.6. The summed E-state index contributed by atoms with van der Waals surface area (Å²) in [6.07, 6.45) is 0. The van der Waals surface area contributed by atoms with Gasteiger partial charge in [0.05, 0.1) is 21.5 Å². The molecule has 0 radical (unpaired) electrons. The third kappa shape index (κ3) is 2.80. The van der Waals surface area contributed by atoms with Crippen molar-refractivity contribution in [3.8, 4) is 0 Å². The van der Waals surface area contributed by atoms with E-state index in [1.165, 1.54) is 20.6 Å². The highest BCUT2D eigenvalue weighted by molar-refractivity contribution is 6.79. The van der Waals surface area contributed by atoms with Crippen molar-refractivity contribution in [1.29, 1.82) is 0 Å². The molecule has 0 bridgehead atoms. The molecule has 2 heterocycles.